The number of aryl methyl sites for hydroxylation is 1. The summed E-state index contributed by atoms with van der Waals surface area (Å²) in [5.74, 6) is 0.251. The summed E-state index contributed by atoms with van der Waals surface area (Å²) in [7, 11) is -3.77. The van der Waals surface area contributed by atoms with Gasteiger partial charge in [-0.25, -0.2) is 13.1 Å². The average molecular weight is 398 g/mol. The van der Waals surface area contributed by atoms with Gasteiger partial charge in [0.25, 0.3) is 5.91 Å². The average Bonchev–Trinajstić information content (AvgIpc) is 3.22. The zero-order chi connectivity index (χ0) is 20.1. The molecule has 146 valence electrons. The molecule has 1 heterocycles. The van der Waals surface area contributed by atoms with Crippen molar-refractivity contribution in [3.8, 4) is 0 Å². The molecule has 6 nitrogen and oxygen atoms in total. The lowest BCUT2D eigenvalue weighted by Gasteiger charge is -2.14. The van der Waals surface area contributed by atoms with E-state index in [1.807, 2.05) is 30.3 Å². The first kappa shape index (κ1) is 19.9. The van der Waals surface area contributed by atoms with Gasteiger partial charge in [-0.05, 0) is 49.2 Å². The lowest BCUT2D eigenvalue weighted by Crippen LogP contribution is -2.28. The zero-order valence-electron chi connectivity index (χ0n) is 15.7. The van der Waals surface area contributed by atoms with Crippen LogP contribution in [-0.2, 0) is 16.6 Å². The van der Waals surface area contributed by atoms with Crippen molar-refractivity contribution >= 4 is 15.9 Å². The van der Waals surface area contributed by atoms with Crippen LogP contribution in [0.5, 0.6) is 0 Å². The minimum atomic E-state index is -3.77. The van der Waals surface area contributed by atoms with E-state index in [0.717, 1.165) is 5.56 Å². The van der Waals surface area contributed by atoms with Crippen molar-refractivity contribution in [1.29, 1.82) is 0 Å². The molecule has 0 spiro atoms. The molecular formula is C21H22N2O4S. The zero-order valence-corrected chi connectivity index (χ0v) is 16.5. The molecule has 0 saturated heterocycles. The molecule has 2 aromatic carbocycles. The van der Waals surface area contributed by atoms with Gasteiger partial charge in [0.15, 0.2) is 0 Å². The molecule has 0 aliphatic carbocycles. The number of furan rings is 1. The number of hydrogen-bond acceptors (Lipinski definition) is 4. The fourth-order valence-electron chi connectivity index (χ4n) is 2.77. The Balaban J connectivity index is 1.77. The second kappa shape index (κ2) is 8.41. The molecule has 3 rings (SSSR count). The van der Waals surface area contributed by atoms with Gasteiger partial charge in [0.05, 0.1) is 17.2 Å². The van der Waals surface area contributed by atoms with Crippen molar-refractivity contribution < 1.29 is 17.6 Å². The van der Waals surface area contributed by atoms with E-state index in [0.29, 0.717) is 11.3 Å². The smallest absolute Gasteiger partial charge is 0.251 e. The van der Waals surface area contributed by atoms with E-state index in [1.54, 1.807) is 38.1 Å². The molecule has 0 radical (unpaired) electrons. The normalized spacial score (nSPS) is 12.5. The second-order valence-corrected chi connectivity index (χ2v) is 8.24. The maximum Gasteiger partial charge on any atom is 0.251 e. The van der Waals surface area contributed by atoms with Gasteiger partial charge in [-0.15, -0.1) is 0 Å². The number of nitrogens with one attached hydrogen (secondary N) is 2. The summed E-state index contributed by atoms with van der Waals surface area (Å²) in [5, 5.41) is 2.81. The first-order valence-electron chi connectivity index (χ1n) is 8.85. The van der Waals surface area contributed by atoms with Crippen LogP contribution >= 0.6 is 0 Å². The van der Waals surface area contributed by atoms with Gasteiger partial charge in [-0.1, -0.05) is 36.4 Å². The van der Waals surface area contributed by atoms with E-state index < -0.39 is 10.0 Å². The molecule has 7 heteroatoms. The van der Waals surface area contributed by atoms with E-state index in [4.69, 9.17) is 4.42 Å². The van der Waals surface area contributed by atoms with Gasteiger partial charge >= 0.3 is 0 Å². The van der Waals surface area contributed by atoms with Crippen molar-refractivity contribution in [3.63, 3.8) is 0 Å². The van der Waals surface area contributed by atoms with E-state index in [1.165, 1.54) is 12.3 Å². The molecule has 2 N–H and O–H groups in total. The summed E-state index contributed by atoms with van der Waals surface area (Å²) < 4.78 is 33.4. The highest BCUT2D eigenvalue weighted by Crippen LogP contribution is 2.19. The molecule has 3 aromatic rings. The molecule has 0 aliphatic heterocycles. The summed E-state index contributed by atoms with van der Waals surface area (Å²) in [6.07, 6.45) is 1.53. The topological polar surface area (TPSA) is 88.4 Å². The molecular weight excluding hydrogens is 376 g/mol. The first-order chi connectivity index (χ1) is 13.4. The van der Waals surface area contributed by atoms with E-state index >= 15 is 0 Å². The molecule has 28 heavy (non-hydrogen) atoms. The Labute approximate surface area is 164 Å². The van der Waals surface area contributed by atoms with Gasteiger partial charge in [0, 0.05) is 12.1 Å². The summed E-state index contributed by atoms with van der Waals surface area (Å²) >= 11 is 0. The van der Waals surface area contributed by atoms with Crippen LogP contribution in [0.2, 0.25) is 0 Å². The third-order valence-corrected chi connectivity index (χ3v) is 5.91. The number of benzene rings is 2. The SMILES string of the molecule is Cc1ccc(C(=O)N[C@@H](C)c2ccco2)cc1S(=O)(=O)NCc1ccccc1. The van der Waals surface area contributed by atoms with E-state index in [-0.39, 0.29) is 29.0 Å². The molecule has 0 fully saturated rings. The van der Waals surface area contributed by atoms with Crippen LogP contribution in [0.3, 0.4) is 0 Å². The Morgan fingerprint density at radius 3 is 2.50 bits per heavy atom. The number of carbonyl (C=O) groups excluding carboxylic acids is 1. The standard InChI is InChI=1S/C21H22N2O4S/c1-15-10-11-18(21(24)23-16(2)19-9-6-12-27-19)13-20(15)28(25,26)22-14-17-7-4-3-5-8-17/h3-13,16,22H,14H2,1-2H3,(H,23,24)/t16-/m0/s1. The van der Waals surface area contributed by atoms with E-state index in [2.05, 4.69) is 10.0 Å². The van der Waals surface area contributed by atoms with Crippen molar-refractivity contribution in [2.45, 2.75) is 31.3 Å². The van der Waals surface area contributed by atoms with Crippen LogP contribution in [-0.4, -0.2) is 14.3 Å². The predicted molar refractivity (Wildman–Crippen MR) is 106 cm³/mol. The lowest BCUT2D eigenvalue weighted by atomic mass is 10.1. The van der Waals surface area contributed by atoms with Crippen LogP contribution in [0.1, 0.15) is 40.2 Å². The summed E-state index contributed by atoms with van der Waals surface area (Å²) in [6.45, 7) is 3.67. The number of carbonyl (C=O) groups is 1. The largest absolute Gasteiger partial charge is 0.467 e. The molecule has 1 amide bonds. The predicted octanol–water partition coefficient (Wildman–Crippen LogP) is 3.56. The van der Waals surface area contributed by atoms with Gasteiger partial charge in [-0.3, -0.25) is 4.79 Å². The van der Waals surface area contributed by atoms with Crippen LogP contribution < -0.4 is 10.0 Å². The fraction of sp³-hybridized carbons (Fsp3) is 0.190. The van der Waals surface area contributed by atoms with Crippen LogP contribution in [0.4, 0.5) is 0 Å². The van der Waals surface area contributed by atoms with Crippen molar-refractivity contribution in [1.82, 2.24) is 10.0 Å². The van der Waals surface area contributed by atoms with E-state index in [9.17, 15) is 13.2 Å². The quantitative estimate of drug-likeness (QED) is 0.637. The minimum absolute atomic E-state index is 0.0849. The number of hydrogen-bond donors (Lipinski definition) is 2. The Hall–Kier alpha value is -2.90. The lowest BCUT2D eigenvalue weighted by molar-refractivity contribution is 0.0935. The molecule has 0 unspecified atom stereocenters. The third-order valence-electron chi connectivity index (χ3n) is 4.37. The van der Waals surface area contributed by atoms with Gasteiger partial charge in [0.1, 0.15) is 5.76 Å². The summed E-state index contributed by atoms with van der Waals surface area (Å²) in [4.78, 5) is 12.6. The third kappa shape index (κ3) is 4.68. The van der Waals surface area contributed by atoms with Crippen molar-refractivity contribution in [2.75, 3.05) is 0 Å². The highest BCUT2D eigenvalue weighted by molar-refractivity contribution is 7.89. The number of rotatable bonds is 7. The number of sulfonamides is 1. The van der Waals surface area contributed by atoms with Gasteiger partial charge < -0.3 is 9.73 Å². The Bertz CT molecular complexity index is 1050. The van der Waals surface area contributed by atoms with Crippen LogP contribution in [0, 0.1) is 6.92 Å². The Morgan fingerprint density at radius 1 is 1.07 bits per heavy atom. The minimum Gasteiger partial charge on any atom is -0.467 e. The second-order valence-electron chi connectivity index (χ2n) is 6.50. The molecule has 1 aromatic heterocycles. The molecule has 0 aliphatic rings. The van der Waals surface area contributed by atoms with Crippen LogP contribution in [0.15, 0.2) is 76.2 Å². The Kier molecular flexibility index (Phi) is 5.96. The molecule has 1 atom stereocenters. The monoisotopic (exact) mass is 398 g/mol. The maximum absolute atomic E-state index is 12.8. The molecule has 0 saturated carbocycles. The highest BCUT2D eigenvalue weighted by Gasteiger charge is 2.20. The van der Waals surface area contributed by atoms with Crippen molar-refractivity contribution in [3.05, 3.63) is 89.4 Å². The van der Waals surface area contributed by atoms with Gasteiger partial charge in [0.2, 0.25) is 10.0 Å². The maximum atomic E-state index is 12.8. The summed E-state index contributed by atoms with van der Waals surface area (Å²) in [6, 6.07) is 17.1. The first-order valence-corrected chi connectivity index (χ1v) is 10.3. The summed E-state index contributed by atoms with van der Waals surface area (Å²) in [5.41, 5.74) is 1.69. The molecule has 0 bridgehead atoms. The highest BCUT2D eigenvalue weighted by atomic mass is 32.2. The van der Waals surface area contributed by atoms with Gasteiger partial charge in [-0.2, -0.15) is 0 Å². The Morgan fingerprint density at radius 2 is 1.82 bits per heavy atom. The fourth-order valence-corrected chi connectivity index (χ4v) is 4.06. The number of amides is 1. The van der Waals surface area contributed by atoms with Crippen LogP contribution in [0.25, 0.3) is 0 Å². The van der Waals surface area contributed by atoms with Crippen molar-refractivity contribution in [2.24, 2.45) is 0 Å².